The normalized spacial score (nSPS) is 11.6. The number of benzene rings is 1. The van der Waals surface area contributed by atoms with Crippen LogP contribution in [0.1, 0.15) is 0 Å². The lowest BCUT2D eigenvalue weighted by atomic mass is 10.2. The second-order valence-electron chi connectivity index (χ2n) is 3.33. The topological polar surface area (TPSA) is 95.7 Å². The molecule has 0 radical (unpaired) electrons. The van der Waals surface area contributed by atoms with E-state index in [0.717, 1.165) is 6.26 Å². The number of nitrogens with zero attached hydrogens (tertiary/aromatic N) is 1. The maximum atomic E-state index is 11.3. The lowest BCUT2D eigenvalue weighted by molar-refractivity contribution is 0.602. The minimum absolute atomic E-state index is 0.189. The number of nitrogens with one attached hydrogen (secondary N) is 2. The molecule has 0 aliphatic heterocycles. The SMILES string of the molecule is CS(=O)(=O)c1cccc(-c2n[nH]c(=O)[nH]2)c1. The van der Waals surface area contributed by atoms with E-state index in [1.807, 2.05) is 0 Å². The first-order valence-electron chi connectivity index (χ1n) is 4.42. The fraction of sp³-hybridized carbons (Fsp3) is 0.111. The van der Waals surface area contributed by atoms with E-state index in [1.54, 1.807) is 12.1 Å². The molecule has 0 saturated carbocycles. The predicted octanol–water partition coefficient (Wildman–Crippen LogP) is 0.168. The smallest absolute Gasteiger partial charge is 0.289 e. The van der Waals surface area contributed by atoms with Gasteiger partial charge in [-0.15, -0.1) is 0 Å². The molecule has 16 heavy (non-hydrogen) atoms. The number of aromatic amines is 2. The van der Waals surface area contributed by atoms with E-state index in [9.17, 15) is 13.2 Å². The van der Waals surface area contributed by atoms with Gasteiger partial charge in [-0.2, -0.15) is 5.10 Å². The Morgan fingerprint density at radius 3 is 2.62 bits per heavy atom. The Hall–Kier alpha value is -1.89. The van der Waals surface area contributed by atoms with Crippen LogP contribution in [0.4, 0.5) is 0 Å². The van der Waals surface area contributed by atoms with Gasteiger partial charge >= 0.3 is 5.69 Å². The molecular formula is C9H9N3O3S. The van der Waals surface area contributed by atoms with Crippen LogP contribution in [0, 0.1) is 0 Å². The predicted molar refractivity (Wildman–Crippen MR) is 57.8 cm³/mol. The highest BCUT2D eigenvalue weighted by atomic mass is 32.2. The zero-order valence-electron chi connectivity index (χ0n) is 8.39. The van der Waals surface area contributed by atoms with Crippen LogP contribution in [0.3, 0.4) is 0 Å². The first-order chi connectivity index (χ1) is 7.47. The second-order valence-corrected chi connectivity index (χ2v) is 5.34. The van der Waals surface area contributed by atoms with Crippen LogP contribution < -0.4 is 5.69 Å². The highest BCUT2D eigenvalue weighted by Gasteiger charge is 2.09. The molecule has 0 unspecified atom stereocenters. The van der Waals surface area contributed by atoms with Gasteiger partial charge in [-0.3, -0.25) is 4.98 Å². The van der Waals surface area contributed by atoms with Crippen molar-refractivity contribution < 1.29 is 8.42 Å². The zero-order valence-corrected chi connectivity index (χ0v) is 9.21. The van der Waals surface area contributed by atoms with Crippen LogP contribution >= 0.6 is 0 Å². The van der Waals surface area contributed by atoms with Gasteiger partial charge in [0.25, 0.3) is 0 Å². The Morgan fingerprint density at radius 2 is 2.06 bits per heavy atom. The molecule has 0 spiro atoms. The van der Waals surface area contributed by atoms with E-state index < -0.39 is 15.5 Å². The van der Waals surface area contributed by atoms with Crippen molar-refractivity contribution in [3.63, 3.8) is 0 Å². The lowest BCUT2D eigenvalue weighted by Crippen LogP contribution is -2.00. The molecule has 0 aliphatic carbocycles. The Balaban J connectivity index is 2.56. The summed E-state index contributed by atoms with van der Waals surface area (Å²) in [4.78, 5) is 13.5. The maximum Gasteiger partial charge on any atom is 0.340 e. The lowest BCUT2D eigenvalue weighted by Gasteiger charge is -2.00. The molecule has 6 nitrogen and oxygen atoms in total. The first kappa shape index (κ1) is 10.6. The summed E-state index contributed by atoms with van der Waals surface area (Å²) in [5, 5.41) is 5.94. The van der Waals surface area contributed by atoms with Crippen LogP contribution in [0.2, 0.25) is 0 Å². The third-order valence-corrected chi connectivity index (χ3v) is 3.15. The summed E-state index contributed by atoms with van der Waals surface area (Å²) in [5.74, 6) is 0.315. The van der Waals surface area contributed by atoms with Crippen molar-refractivity contribution in [3.8, 4) is 11.4 Å². The van der Waals surface area contributed by atoms with Crippen LogP contribution in [-0.4, -0.2) is 29.9 Å². The van der Waals surface area contributed by atoms with Gasteiger partial charge in [0.05, 0.1) is 4.90 Å². The van der Waals surface area contributed by atoms with Gasteiger partial charge in [-0.25, -0.2) is 18.3 Å². The molecule has 2 rings (SSSR count). The quantitative estimate of drug-likeness (QED) is 0.780. The van der Waals surface area contributed by atoms with Gasteiger partial charge in [0, 0.05) is 11.8 Å². The van der Waals surface area contributed by atoms with Gasteiger partial charge in [0.15, 0.2) is 15.7 Å². The maximum absolute atomic E-state index is 11.3. The Labute approximate surface area is 91.3 Å². The molecule has 84 valence electrons. The van der Waals surface area contributed by atoms with Crippen molar-refractivity contribution in [2.45, 2.75) is 4.90 Å². The highest BCUT2D eigenvalue weighted by molar-refractivity contribution is 7.90. The van der Waals surface area contributed by atoms with Crippen molar-refractivity contribution in [3.05, 3.63) is 34.7 Å². The summed E-state index contributed by atoms with van der Waals surface area (Å²) in [5.41, 5.74) is 0.112. The van der Waals surface area contributed by atoms with Crippen LogP contribution in [-0.2, 0) is 9.84 Å². The first-order valence-corrected chi connectivity index (χ1v) is 6.31. The van der Waals surface area contributed by atoms with Crippen molar-refractivity contribution in [1.82, 2.24) is 15.2 Å². The summed E-state index contributed by atoms with van der Waals surface area (Å²) in [6.07, 6.45) is 1.12. The third-order valence-electron chi connectivity index (χ3n) is 2.04. The van der Waals surface area contributed by atoms with E-state index in [4.69, 9.17) is 0 Å². The monoisotopic (exact) mass is 239 g/mol. The van der Waals surface area contributed by atoms with Crippen molar-refractivity contribution >= 4 is 9.84 Å². The molecule has 2 N–H and O–H groups in total. The van der Waals surface area contributed by atoms with Gasteiger partial charge in [-0.1, -0.05) is 12.1 Å². The van der Waals surface area contributed by atoms with Crippen molar-refractivity contribution in [1.29, 1.82) is 0 Å². The van der Waals surface area contributed by atoms with E-state index in [1.165, 1.54) is 12.1 Å². The average Bonchev–Trinajstić information content (AvgIpc) is 2.64. The minimum atomic E-state index is -3.26. The zero-order chi connectivity index (χ0) is 11.8. The van der Waals surface area contributed by atoms with E-state index in [2.05, 4.69) is 15.2 Å². The molecule has 0 bridgehead atoms. The molecule has 1 aromatic carbocycles. The molecule has 0 amide bonds. The molecule has 2 aromatic rings. The second kappa shape index (κ2) is 3.60. The molecule has 1 aromatic heterocycles. The number of aromatic nitrogens is 3. The standard InChI is InChI=1S/C9H9N3O3S/c1-16(14,15)7-4-2-3-6(5-7)8-10-9(13)12-11-8/h2-5H,1H3,(H2,10,11,12,13). The minimum Gasteiger partial charge on any atom is -0.289 e. The van der Waals surface area contributed by atoms with Gasteiger partial charge in [0.2, 0.25) is 0 Å². The molecular weight excluding hydrogens is 230 g/mol. The summed E-state index contributed by atoms with van der Waals surface area (Å²) >= 11 is 0. The van der Waals surface area contributed by atoms with E-state index in [0.29, 0.717) is 11.4 Å². The fourth-order valence-electron chi connectivity index (χ4n) is 1.28. The highest BCUT2D eigenvalue weighted by Crippen LogP contribution is 2.17. The molecule has 0 aliphatic rings. The van der Waals surface area contributed by atoms with Crippen molar-refractivity contribution in [2.75, 3.05) is 6.26 Å². The average molecular weight is 239 g/mol. The number of hydrogen-bond acceptors (Lipinski definition) is 4. The summed E-state index contributed by atoms with van der Waals surface area (Å²) in [7, 11) is -3.26. The summed E-state index contributed by atoms with van der Waals surface area (Å²) in [6.45, 7) is 0. The van der Waals surface area contributed by atoms with E-state index in [-0.39, 0.29) is 4.90 Å². The molecule has 0 atom stereocenters. The van der Waals surface area contributed by atoms with Gasteiger partial charge in [-0.05, 0) is 12.1 Å². The number of hydrogen-bond donors (Lipinski definition) is 2. The summed E-state index contributed by atoms with van der Waals surface area (Å²) in [6, 6.07) is 6.21. The van der Waals surface area contributed by atoms with Crippen LogP contribution in [0.25, 0.3) is 11.4 Å². The number of sulfone groups is 1. The van der Waals surface area contributed by atoms with E-state index >= 15 is 0 Å². The van der Waals surface area contributed by atoms with Crippen LogP contribution in [0.15, 0.2) is 34.0 Å². The fourth-order valence-corrected chi connectivity index (χ4v) is 1.95. The van der Waals surface area contributed by atoms with Gasteiger partial charge in [0.1, 0.15) is 0 Å². The Morgan fingerprint density at radius 1 is 1.31 bits per heavy atom. The van der Waals surface area contributed by atoms with Crippen molar-refractivity contribution in [2.24, 2.45) is 0 Å². The number of H-pyrrole nitrogens is 2. The summed E-state index contributed by atoms with van der Waals surface area (Å²) < 4.78 is 22.6. The van der Waals surface area contributed by atoms with Crippen LogP contribution in [0.5, 0.6) is 0 Å². The number of rotatable bonds is 2. The third kappa shape index (κ3) is 2.03. The Kier molecular flexibility index (Phi) is 2.39. The molecule has 0 fully saturated rings. The molecule has 0 saturated heterocycles. The van der Waals surface area contributed by atoms with Gasteiger partial charge < -0.3 is 0 Å². The molecule has 7 heteroatoms. The largest absolute Gasteiger partial charge is 0.340 e. The molecule has 1 heterocycles. The Bertz CT molecular complexity index is 669.